The summed E-state index contributed by atoms with van der Waals surface area (Å²) < 4.78 is 6.26. The Labute approximate surface area is 314 Å². The van der Waals surface area contributed by atoms with Gasteiger partial charge in [-0.05, 0) is 98.1 Å². The minimum absolute atomic E-state index is 0.872. The second kappa shape index (κ2) is 13.4. The quantitative estimate of drug-likeness (QED) is 0.166. The molecule has 2 heteroatoms. The van der Waals surface area contributed by atoms with Gasteiger partial charge in [0.05, 0.1) is 5.69 Å². The summed E-state index contributed by atoms with van der Waals surface area (Å²) in [5.74, 6) is 0.872. The molecule has 0 aliphatic carbocycles. The summed E-state index contributed by atoms with van der Waals surface area (Å²) in [5.41, 5.74) is 12.4. The zero-order valence-corrected chi connectivity index (χ0v) is 29.6. The van der Waals surface area contributed by atoms with E-state index in [9.17, 15) is 0 Å². The lowest BCUT2D eigenvalue weighted by molar-refractivity contribution is 0.631. The summed E-state index contributed by atoms with van der Waals surface area (Å²) in [6.45, 7) is 0. The summed E-state index contributed by atoms with van der Waals surface area (Å²) in [6, 6.07) is 76.0. The minimum atomic E-state index is 0.872. The fraction of sp³-hybridized carbons (Fsp3) is 0. The van der Waals surface area contributed by atoms with E-state index in [0.29, 0.717) is 0 Å². The van der Waals surface area contributed by atoms with E-state index in [-0.39, 0.29) is 0 Å². The van der Waals surface area contributed by atoms with Crippen molar-refractivity contribution in [2.45, 2.75) is 0 Å². The molecule has 0 amide bonds. The van der Waals surface area contributed by atoms with Crippen LogP contribution in [-0.2, 0) is 0 Å². The molecule has 10 aromatic rings. The monoisotopic (exact) mass is 689 g/mol. The molecule has 10 rings (SSSR count). The Balaban J connectivity index is 1.07. The van der Waals surface area contributed by atoms with Gasteiger partial charge in [0.25, 0.3) is 0 Å². The van der Waals surface area contributed by atoms with Crippen LogP contribution < -0.4 is 4.90 Å². The number of hydrogen-bond donors (Lipinski definition) is 0. The minimum Gasteiger partial charge on any atom is -0.456 e. The second-order valence-electron chi connectivity index (χ2n) is 13.8. The maximum atomic E-state index is 6.26. The fourth-order valence-electron chi connectivity index (χ4n) is 7.73. The topological polar surface area (TPSA) is 16.4 Å². The van der Waals surface area contributed by atoms with Crippen LogP contribution in [0.4, 0.5) is 17.1 Å². The van der Waals surface area contributed by atoms with Gasteiger partial charge in [0.1, 0.15) is 11.3 Å². The van der Waals surface area contributed by atoms with E-state index >= 15 is 0 Å². The lowest BCUT2D eigenvalue weighted by Crippen LogP contribution is -2.10. The van der Waals surface area contributed by atoms with Gasteiger partial charge >= 0.3 is 0 Å². The Morgan fingerprint density at radius 3 is 1.65 bits per heavy atom. The van der Waals surface area contributed by atoms with Crippen LogP contribution in [0.15, 0.2) is 217 Å². The molecule has 0 saturated carbocycles. The molecule has 0 fully saturated rings. The predicted molar refractivity (Wildman–Crippen MR) is 228 cm³/mol. The zero-order valence-electron chi connectivity index (χ0n) is 29.6. The first-order valence-electron chi connectivity index (χ1n) is 18.4. The average molecular weight is 690 g/mol. The Kier molecular flexibility index (Phi) is 7.85. The summed E-state index contributed by atoms with van der Waals surface area (Å²) in [7, 11) is 0. The lowest BCUT2D eigenvalue weighted by atomic mass is 9.94. The summed E-state index contributed by atoms with van der Waals surface area (Å²) in [6.07, 6.45) is 0. The number of para-hydroxylation sites is 1. The van der Waals surface area contributed by atoms with Gasteiger partial charge in [-0.25, -0.2) is 0 Å². The van der Waals surface area contributed by atoms with E-state index in [4.69, 9.17) is 4.42 Å². The molecule has 0 atom stereocenters. The van der Waals surface area contributed by atoms with Crippen LogP contribution in [0.25, 0.3) is 77.2 Å². The van der Waals surface area contributed by atoms with Gasteiger partial charge in [-0.3, -0.25) is 0 Å². The van der Waals surface area contributed by atoms with Crippen LogP contribution in [0.2, 0.25) is 0 Å². The van der Waals surface area contributed by atoms with Crippen LogP contribution in [0.1, 0.15) is 0 Å². The van der Waals surface area contributed by atoms with Crippen LogP contribution in [-0.4, -0.2) is 0 Å². The Hall–Kier alpha value is -7.16. The smallest absolute Gasteiger partial charge is 0.135 e. The van der Waals surface area contributed by atoms with Crippen LogP contribution >= 0.6 is 0 Å². The van der Waals surface area contributed by atoms with Crippen molar-refractivity contribution in [3.05, 3.63) is 212 Å². The van der Waals surface area contributed by atoms with Gasteiger partial charge in [0.2, 0.25) is 0 Å². The molecule has 254 valence electrons. The number of rotatable bonds is 7. The number of fused-ring (bicyclic) bond motifs is 3. The molecule has 0 bridgehead atoms. The second-order valence-corrected chi connectivity index (χ2v) is 13.8. The average Bonchev–Trinajstić information content (AvgIpc) is 3.69. The third kappa shape index (κ3) is 5.81. The first-order chi connectivity index (χ1) is 26.7. The highest BCUT2D eigenvalue weighted by atomic mass is 16.3. The number of benzene rings is 9. The van der Waals surface area contributed by atoms with Crippen LogP contribution in [0.3, 0.4) is 0 Å². The van der Waals surface area contributed by atoms with E-state index in [0.717, 1.165) is 44.9 Å². The third-order valence-corrected chi connectivity index (χ3v) is 10.5. The van der Waals surface area contributed by atoms with Gasteiger partial charge in [-0.15, -0.1) is 0 Å². The van der Waals surface area contributed by atoms with Gasteiger partial charge in [-0.2, -0.15) is 0 Å². The van der Waals surface area contributed by atoms with Gasteiger partial charge in [-0.1, -0.05) is 164 Å². The SMILES string of the molecule is c1ccc(-c2ccc(-c3ccc(N(c4ccc5ccccc5c4)c4ccc(-c5cccc(-c6cc7ccccc7o6)c5)c5ccccc45)cc3)cc2)cc1. The Morgan fingerprint density at radius 1 is 0.315 bits per heavy atom. The maximum Gasteiger partial charge on any atom is 0.135 e. The highest BCUT2D eigenvalue weighted by Gasteiger charge is 2.18. The van der Waals surface area contributed by atoms with E-state index in [1.54, 1.807) is 0 Å². The summed E-state index contributed by atoms with van der Waals surface area (Å²) in [5, 5.41) is 5.91. The van der Waals surface area contributed by atoms with E-state index in [1.165, 1.54) is 49.4 Å². The van der Waals surface area contributed by atoms with Crippen molar-refractivity contribution in [1.29, 1.82) is 0 Å². The van der Waals surface area contributed by atoms with Crippen LogP contribution in [0.5, 0.6) is 0 Å². The van der Waals surface area contributed by atoms with Crippen LogP contribution in [0, 0.1) is 0 Å². The number of furan rings is 1. The van der Waals surface area contributed by atoms with Gasteiger partial charge in [0.15, 0.2) is 0 Å². The summed E-state index contributed by atoms with van der Waals surface area (Å²) in [4.78, 5) is 2.39. The van der Waals surface area contributed by atoms with E-state index in [1.807, 2.05) is 18.2 Å². The molecule has 1 aromatic heterocycles. The first-order valence-corrected chi connectivity index (χ1v) is 18.4. The maximum absolute atomic E-state index is 6.26. The predicted octanol–water partition coefficient (Wildman–Crippen LogP) is 14.9. The molecule has 0 N–H and O–H groups in total. The van der Waals surface area contributed by atoms with E-state index < -0.39 is 0 Å². The molecular formula is C52H35NO. The van der Waals surface area contributed by atoms with E-state index in [2.05, 4.69) is 199 Å². The molecule has 0 saturated heterocycles. The van der Waals surface area contributed by atoms with Crippen molar-refractivity contribution in [2.75, 3.05) is 4.90 Å². The molecule has 0 spiro atoms. The molecule has 2 nitrogen and oxygen atoms in total. The fourth-order valence-corrected chi connectivity index (χ4v) is 7.73. The Morgan fingerprint density at radius 2 is 0.889 bits per heavy atom. The molecule has 0 unspecified atom stereocenters. The molecular weight excluding hydrogens is 655 g/mol. The third-order valence-electron chi connectivity index (χ3n) is 10.5. The largest absolute Gasteiger partial charge is 0.456 e. The number of nitrogens with zero attached hydrogens (tertiary/aromatic N) is 1. The van der Waals surface area contributed by atoms with Crippen molar-refractivity contribution in [1.82, 2.24) is 0 Å². The van der Waals surface area contributed by atoms with Crippen molar-refractivity contribution < 1.29 is 4.42 Å². The molecule has 0 radical (unpaired) electrons. The summed E-state index contributed by atoms with van der Waals surface area (Å²) >= 11 is 0. The highest BCUT2D eigenvalue weighted by Crippen LogP contribution is 2.43. The van der Waals surface area contributed by atoms with Crippen molar-refractivity contribution >= 4 is 49.6 Å². The van der Waals surface area contributed by atoms with Crippen molar-refractivity contribution in [2.24, 2.45) is 0 Å². The lowest BCUT2D eigenvalue weighted by Gasteiger charge is -2.28. The van der Waals surface area contributed by atoms with Gasteiger partial charge in [0, 0.05) is 27.7 Å². The van der Waals surface area contributed by atoms with Gasteiger partial charge < -0.3 is 9.32 Å². The standard InChI is InChI=1S/C52H35NO/c1-2-11-36(12-3-1)38-21-23-39(24-22-38)40-25-28-45(29-26-40)53(46-30-27-37-13-4-5-14-41(37)34-46)50-32-31-47(48-18-7-8-19-49(48)50)42-16-10-17-43(33-42)52-35-44-15-6-9-20-51(44)54-52/h1-35H. The molecule has 9 aromatic carbocycles. The van der Waals surface area contributed by atoms with Crippen molar-refractivity contribution in [3.8, 4) is 44.7 Å². The Bertz CT molecular complexity index is 2890. The number of hydrogen-bond acceptors (Lipinski definition) is 2. The zero-order chi connectivity index (χ0) is 35.8. The first kappa shape index (κ1) is 31.6. The molecule has 54 heavy (non-hydrogen) atoms. The number of anilines is 3. The molecule has 0 aliphatic heterocycles. The normalized spacial score (nSPS) is 11.3. The molecule has 0 aliphatic rings. The molecule has 1 heterocycles. The van der Waals surface area contributed by atoms with Crippen molar-refractivity contribution in [3.63, 3.8) is 0 Å². The highest BCUT2D eigenvalue weighted by molar-refractivity contribution is 6.07.